The fraction of sp³-hybridized carbons (Fsp3) is 0.769. The third kappa shape index (κ3) is 2.57. The molecule has 2 N–H and O–H groups in total. The van der Waals surface area contributed by atoms with Crippen LogP contribution in [0.15, 0.2) is 6.33 Å². The molecule has 1 aliphatic heterocycles. The molecule has 2 fully saturated rings. The van der Waals surface area contributed by atoms with Gasteiger partial charge in [0.25, 0.3) is 0 Å². The van der Waals surface area contributed by atoms with Gasteiger partial charge in [-0.3, -0.25) is 4.79 Å². The number of aromatic nitrogens is 3. The zero-order valence-electron chi connectivity index (χ0n) is 11.2. The fourth-order valence-corrected chi connectivity index (χ4v) is 3.55. The zero-order valence-corrected chi connectivity index (χ0v) is 11.2. The largest absolute Gasteiger partial charge is 0.367 e. The maximum Gasteiger partial charge on any atom is 0.244 e. The predicted octanol–water partition coefficient (Wildman–Crippen LogP) is 1.04. The molecular weight excluding hydrogens is 242 g/mol. The number of hydrogen-bond acceptors (Lipinski definition) is 4. The van der Waals surface area contributed by atoms with Crippen molar-refractivity contribution in [2.24, 2.45) is 5.92 Å². The van der Waals surface area contributed by atoms with E-state index in [0.717, 1.165) is 19.4 Å². The Bertz CT molecular complexity index is 456. The molecule has 1 aromatic heterocycles. The Morgan fingerprint density at radius 3 is 2.89 bits per heavy atom. The normalized spacial score (nSPS) is 27.1. The lowest BCUT2D eigenvalue weighted by Crippen LogP contribution is -2.50. The van der Waals surface area contributed by atoms with Crippen LogP contribution < -0.4 is 5.73 Å². The number of hydrogen-bond donors (Lipinski definition) is 1. The molecule has 1 aromatic rings. The fourth-order valence-electron chi connectivity index (χ4n) is 3.55. The number of fused-ring (bicyclic) bond motifs is 1. The van der Waals surface area contributed by atoms with Gasteiger partial charge in [0.1, 0.15) is 12.9 Å². The van der Waals surface area contributed by atoms with E-state index in [-0.39, 0.29) is 18.4 Å². The SMILES string of the molecule is Nc1ncn(CC(=O)N2CCCC3CCCCC32)n1. The smallest absolute Gasteiger partial charge is 0.244 e. The molecule has 0 aromatic carbocycles. The van der Waals surface area contributed by atoms with Gasteiger partial charge in [0.15, 0.2) is 0 Å². The number of piperidine rings is 1. The number of nitrogens with zero attached hydrogens (tertiary/aromatic N) is 4. The number of likely N-dealkylation sites (tertiary alicyclic amines) is 1. The second kappa shape index (κ2) is 5.19. The second-order valence-electron chi connectivity index (χ2n) is 5.64. The van der Waals surface area contributed by atoms with Gasteiger partial charge in [-0.1, -0.05) is 12.8 Å². The van der Waals surface area contributed by atoms with Crippen LogP contribution in [-0.4, -0.2) is 38.2 Å². The first-order valence-electron chi connectivity index (χ1n) is 7.18. The van der Waals surface area contributed by atoms with Crippen LogP contribution in [0.2, 0.25) is 0 Å². The monoisotopic (exact) mass is 263 g/mol. The first kappa shape index (κ1) is 12.4. The molecule has 0 bridgehead atoms. The summed E-state index contributed by atoms with van der Waals surface area (Å²) in [4.78, 5) is 18.4. The van der Waals surface area contributed by atoms with Crippen molar-refractivity contribution < 1.29 is 4.79 Å². The van der Waals surface area contributed by atoms with Crippen LogP contribution in [0.25, 0.3) is 0 Å². The first-order chi connectivity index (χ1) is 9.24. The van der Waals surface area contributed by atoms with Crippen molar-refractivity contribution in [2.75, 3.05) is 12.3 Å². The topological polar surface area (TPSA) is 77.0 Å². The molecule has 0 radical (unpaired) electrons. The number of anilines is 1. The Labute approximate surface area is 113 Å². The number of amides is 1. The molecule has 3 rings (SSSR count). The van der Waals surface area contributed by atoms with E-state index in [1.807, 2.05) is 0 Å². The van der Waals surface area contributed by atoms with Crippen molar-refractivity contribution in [3.05, 3.63) is 6.33 Å². The van der Waals surface area contributed by atoms with Gasteiger partial charge in [-0.25, -0.2) is 9.67 Å². The van der Waals surface area contributed by atoms with Gasteiger partial charge in [0, 0.05) is 12.6 Å². The number of carbonyl (C=O) groups excluding carboxylic acids is 1. The van der Waals surface area contributed by atoms with Crippen LogP contribution in [0.4, 0.5) is 5.95 Å². The molecule has 6 heteroatoms. The van der Waals surface area contributed by atoms with Gasteiger partial charge in [-0.05, 0) is 31.6 Å². The predicted molar refractivity (Wildman–Crippen MR) is 71.1 cm³/mol. The van der Waals surface area contributed by atoms with Crippen LogP contribution in [-0.2, 0) is 11.3 Å². The second-order valence-corrected chi connectivity index (χ2v) is 5.64. The van der Waals surface area contributed by atoms with Crippen molar-refractivity contribution in [2.45, 2.75) is 51.1 Å². The molecule has 1 saturated carbocycles. The van der Waals surface area contributed by atoms with Crippen molar-refractivity contribution >= 4 is 11.9 Å². The number of nitrogens with two attached hydrogens (primary N) is 1. The molecular formula is C13H21N5O. The Morgan fingerprint density at radius 1 is 1.32 bits per heavy atom. The van der Waals surface area contributed by atoms with Gasteiger partial charge in [-0.2, -0.15) is 0 Å². The van der Waals surface area contributed by atoms with Crippen LogP contribution in [0.1, 0.15) is 38.5 Å². The summed E-state index contributed by atoms with van der Waals surface area (Å²) in [6.07, 6.45) is 8.96. The molecule has 6 nitrogen and oxygen atoms in total. The molecule has 2 heterocycles. The van der Waals surface area contributed by atoms with Crippen LogP contribution >= 0.6 is 0 Å². The minimum absolute atomic E-state index is 0.154. The molecule has 1 saturated heterocycles. The van der Waals surface area contributed by atoms with E-state index in [1.165, 1.54) is 36.7 Å². The van der Waals surface area contributed by atoms with E-state index >= 15 is 0 Å². The van der Waals surface area contributed by atoms with Gasteiger partial charge in [0.05, 0.1) is 0 Å². The quantitative estimate of drug-likeness (QED) is 0.865. The summed E-state index contributed by atoms with van der Waals surface area (Å²) in [5.74, 6) is 1.09. The number of carbonyl (C=O) groups is 1. The molecule has 2 atom stereocenters. The minimum atomic E-state index is 0.154. The first-order valence-corrected chi connectivity index (χ1v) is 7.18. The summed E-state index contributed by atoms with van der Waals surface area (Å²) in [5, 5.41) is 3.99. The summed E-state index contributed by atoms with van der Waals surface area (Å²) < 4.78 is 1.53. The Balaban J connectivity index is 1.67. The highest BCUT2D eigenvalue weighted by atomic mass is 16.2. The molecule has 19 heavy (non-hydrogen) atoms. The number of nitrogen functional groups attached to an aromatic ring is 1. The lowest BCUT2D eigenvalue weighted by Gasteiger charge is -2.44. The maximum atomic E-state index is 12.4. The van der Waals surface area contributed by atoms with E-state index in [4.69, 9.17) is 5.73 Å². The van der Waals surface area contributed by atoms with Gasteiger partial charge < -0.3 is 10.6 Å². The van der Waals surface area contributed by atoms with Crippen LogP contribution in [0.5, 0.6) is 0 Å². The molecule has 1 aliphatic carbocycles. The summed E-state index contributed by atoms with van der Waals surface area (Å²) in [6, 6.07) is 0.455. The Hall–Kier alpha value is -1.59. The summed E-state index contributed by atoms with van der Waals surface area (Å²) in [5.41, 5.74) is 5.47. The van der Waals surface area contributed by atoms with E-state index < -0.39 is 0 Å². The summed E-state index contributed by atoms with van der Waals surface area (Å²) in [6.45, 7) is 1.15. The maximum absolute atomic E-state index is 12.4. The van der Waals surface area contributed by atoms with Crippen molar-refractivity contribution in [1.29, 1.82) is 0 Å². The molecule has 0 spiro atoms. The van der Waals surface area contributed by atoms with Gasteiger partial charge in [0.2, 0.25) is 11.9 Å². The number of rotatable bonds is 2. The average Bonchev–Trinajstić information content (AvgIpc) is 2.83. The lowest BCUT2D eigenvalue weighted by atomic mass is 9.78. The van der Waals surface area contributed by atoms with E-state index in [2.05, 4.69) is 15.0 Å². The van der Waals surface area contributed by atoms with Crippen molar-refractivity contribution in [1.82, 2.24) is 19.7 Å². The molecule has 2 unspecified atom stereocenters. The lowest BCUT2D eigenvalue weighted by molar-refractivity contribution is -0.138. The van der Waals surface area contributed by atoms with Crippen molar-refractivity contribution in [3.63, 3.8) is 0 Å². The zero-order chi connectivity index (χ0) is 13.2. The van der Waals surface area contributed by atoms with E-state index in [9.17, 15) is 4.79 Å². The minimum Gasteiger partial charge on any atom is -0.367 e. The molecule has 104 valence electrons. The highest BCUT2D eigenvalue weighted by molar-refractivity contribution is 5.76. The van der Waals surface area contributed by atoms with Crippen LogP contribution in [0.3, 0.4) is 0 Å². The van der Waals surface area contributed by atoms with Gasteiger partial charge in [-0.15, -0.1) is 5.10 Å². The summed E-state index contributed by atoms with van der Waals surface area (Å²) in [7, 11) is 0. The third-order valence-corrected chi connectivity index (χ3v) is 4.42. The third-order valence-electron chi connectivity index (χ3n) is 4.42. The van der Waals surface area contributed by atoms with E-state index in [0.29, 0.717) is 12.0 Å². The summed E-state index contributed by atoms with van der Waals surface area (Å²) >= 11 is 0. The van der Waals surface area contributed by atoms with Gasteiger partial charge >= 0.3 is 0 Å². The van der Waals surface area contributed by atoms with Crippen LogP contribution in [0, 0.1) is 5.92 Å². The molecule has 2 aliphatic rings. The van der Waals surface area contributed by atoms with E-state index in [1.54, 1.807) is 0 Å². The Kier molecular flexibility index (Phi) is 3.40. The average molecular weight is 263 g/mol. The highest BCUT2D eigenvalue weighted by Crippen LogP contribution is 2.35. The highest BCUT2D eigenvalue weighted by Gasteiger charge is 2.35. The standard InChI is InChI=1S/C13H21N5O/c14-13-15-9-17(16-13)8-12(19)18-7-3-5-10-4-1-2-6-11(10)18/h9-11H,1-8H2,(H2,14,16). The molecule has 1 amide bonds. The van der Waals surface area contributed by atoms with Crippen molar-refractivity contribution in [3.8, 4) is 0 Å². The Morgan fingerprint density at radius 2 is 2.11 bits per heavy atom.